The Balaban J connectivity index is 2.97. The highest BCUT2D eigenvalue weighted by Crippen LogP contribution is 2.32. The molecule has 0 aliphatic rings. The Hall–Kier alpha value is -1.91. The third kappa shape index (κ3) is 2.79. The summed E-state index contributed by atoms with van der Waals surface area (Å²) < 4.78 is 0. The summed E-state index contributed by atoms with van der Waals surface area (Å²) in [7, 11) is 3.69. The minimum absolute atomic E-state index is 0.0532. The maximum Gasteiger partial charge on any atom is 0.319 e. The average Bonchev–Trinajstić information content (AvgIpc) is 2.21. The zero-order valence-electron chi connectivity index (χ0n) is 9.74. The van der Waals surface area contributed by atoms with Gasteiger partial charge in [0, 0.05) is 20.6 Å². The molecule has 0 bridgehead atoms. The first-order valence-corrected chi connectivity index (χ1v) is 5.10. The lowest BCUT2D eigenvalue weighted by atomic mass is 10.2. The number of nitrogens with one attached hydrogen (secondary N) is 2. The van der Waals surface area contributed by atoms with Gasteiger partial charge in [-0.1, -0.05) is 6.07 Å². The number of nitrogens with zero attached hydrogens (tertiary/aromatic N) is 1. The topological polar surface area (TPSA) is 64.6 Å². The standard InChI is InChI=1S/C11H17N3O2/c1-4-12-11(16)13-10-8(14(2)3)6-5-7-9(10)15/h5-7,15H,4H2,1-3H3,(H2,12,13,16). The van der Waals surface area contributed by atoms with Gasteiger partial charge in [-0.15, -0.1) is 0 Å². The third-order valence-corrected chi connectivity index (χ3v) is 2.08. The average molecular weight is 223 g/mol. The van der Waals surface area contributed by atoms with Crippen molar-refractivity contribution in [3.8, 4) is 5.75 Å². The molecule has 0 heterocycles. The number of para-hydroxylation sites is 1. The smallest absolute Gasteiger partial charge is 0.319 e. The second-order valence-electron chi connectivity index (χ2n) is 3.55. The molecule has 5 nitrogen and oxygen atoms in total. The second kappa shape index (κ2) is 5.25. The van der Waals surface area contributed by atoms with Crippen molar-refractivity contribution in [1.29, 1.82) is 0 Å². The summed E-state index contributed by atoms with van der Waals surface area (Å²) in [4.78, 5) is 13.2. The van der Waals surface area contributed by atoms with Crippen molar-refractivity contribution in [2.75, 3.05) is 30.9 Å². The molecule has 0 saturated carbocycles. The minimum Gasteiger partial charge on any atom is -0.506 e. The van der Waals surface area contributed by atoms with Crippen LogP contribution in [0.15, 0.2) is 18.2 Å². The van der Waals surface area contributed by atoms with E-state index in [9.17, 15) is 9.90 Å². The Morgan fingerprint density at radius 3 is 2.69 bits per heavy atom. The van der Waals surface area contributed by atoms with Gasteiger partial charge in [0.25, 0.3) is 0 Å². The summed E-state index contributed by atoms with van der Waals surface area (Å²) in [6.07, 6.45) is 0. The molecule has 0 aliphatic carbocycles. The fraction of sp³-hybridized carbons (Fsp3) is 0.364. The quantitative estimate of drug-likeness (QED) is 0.682. The number of phenolic OH excluding ortho intramolecular Hbond substituents is 1. The summed E-state index contributed by atoms with van der Waals surface area (Å²) in [6, 6.07) is 4.76. The number of urea groups is 1. The Morgan fingerprint density at radius 2 is 2.12 bits per heavy atom. The fourth-order valence-corrected chi connectivity index (χ4v) is 1.35. The molecule has 0 spiro atoms. The SMILES string of the molecule is CCNC(=O)Nc1c(O)cccc1N(C)C. The highest BCUT2D eigenvalue weighted by atomic mass is 16.3. The Bertz CT molecular complexity index is 377. The van der Waals surface area contributed by atoms with E-state index in [2.05, 4.69) is 10.6 Å². The lowest BCUT2D eigenvalue weighted by Crippen LogP contribution is -2.29. The van der Waals surface area contributed by atoms with Crippen LogP contribution in [0.5, 0.6) is 5.75 Å². The lowest BCUT2D eigenvalue weighted by Gasteiger charge is -2.18. The van der Waals surface area contributed by atoms with Gasteiger partial charge < -0.3 is 20.6 Å². The molecule has 1 aromatic carbocycles. The predicted molar refractivity (Wildman–Crippen MR) is 65.1 cm³/mol. The molecule has 0 aliphatic heterocycles. The van der Waals surface area contributed by atoms with Crippen molar-refractivity contribution in [2.24, 2.45) is 0 Å². The summed E-state index contributed by atoms with van der Waals surface area (Å²) in [5.41, 5.74) is 1.17. The number of amides is 2. The molecule has 88 valence electrons. The van der Waals surface area contributed by atoms with Crippen LogP contribution in [0.2, 0.25) is 0 Å². The number of aromatic hydroxyl groups is 1. The lowest BCUT2D eigenvalue weighted by molar-refractivity contribution is 0.252. The summed E-state index contributed by atoms with van der Waals surface area (Å²) in [5, 5.41) is 14.9. The van der Waals surface area contributed by atoms with Gasteiger partial charge in [0.1, 0.15) is 11.4 Å². The first-order valence-electron chi connectivity index (χ1n) is 5.10. The largest absolute Gasteiger partial charge is 0.506 e. The zero-order valence-corrected chi connectivity index (χ0v) is 9.74. The molecular weight excluding hydrogens is 206 g/mol. The van der Waals surface area contributed by atoms with E-state index in [0.29, 0.717) is 12.2 Å². The van der Waals surface area contributed by atoms with Crippen LogP contribution in [-0.2, 0) is 0 Å². The third-order valence-electron chi connectivity index (χ3n) is 2.08. The summed E-state index contributed by atoms with van der Waals surface area (Å²) >= 11 is 0. The minimum atomic E-state index is -0.327. The van der Waals surface area contributed by atoms with Crippen LogP contribution in [-0.4, -0.2) is 31.8 Å². The predicted octanol–water partition coefficient (Wildman–Crippen LogP) is 1.60. The summed E-state index contributed by atoms with van der Waals surface area (Å²) in [5.74, 6) is 0.0532. The fourth-order valence-electron chi connectivity index (χ4n) is 1.35. The Morgan fingerprint density at radius 1 is 1.44 bits per heavy atom. The van der Waals surface area contributed by atoms with Crippen LogP contribution in [0.4, 0.5) is 16.2 Å². The number of carbonyl (C=O) groups excluding carboxylic acids is 1. The molecule has 0 radical (unpaired) electrons. The highest BCUT2D eigenvalue weighted by Gasteiger charge is 2.11. The van der Waals surface area contributed by atoms with Crippen molar-refractivity contribution in [1.82, 2.24) is 5.32 Å². The molecule has 1 rings (SSSR count). The van der Waals surface area contributed by atoms with Gasteiger partial charge in [-0.25, -0.2) is 4.79 Å². The van der Waals surface area contributed by atoms with Gasteiger partial charge >= 0.3 is 6.03 Å². The van der Waals surface area contributed by atoms with E-state index in [-0.39, 0.29) is 11.8 Å². The number of rotatable bonds is 3. The van der Waals surface area contributed by atoms with E-state index in [1.807, 2.05) is 32.0 Å². The van der Waals surface area contributed by atoms with E-state index in [1.165, 1.54) is 6.07 Å². The zero-order chi connectivity index (χ0) is 12.1. The first-order chi connectivity index (χ1) is 7.56. The van der Waals surface area contributed by atoms with E-state index < -0.39 is 0 Å². The van der Waals surface area contributed by atoms with Crippen molar-refractivity contribution in [3.63, 3.8) is 0 Å². The van der Waals surface area contributed by atoms with Gasteiger partial charge in [0.15, 0.2) is 0 Å². The van der Waals surface area contributed by atoms with Crippen LogP contribution >= 0.6 is 0 Å². The Kier molecular flexibility index (Phi) is 3.99. The molecule has 0 aromatic heterocycles. The normalized spacial score (nSPS) is 9.69. The van der Waals surface area contributed by atoms with Crippen LogP contribution in [0, 0.1) is 0 Å². The van der Waals surface area contributed by atoms with Gasteiger partial charge in [-0.05, 0) is 19.1 Å². The Labute approximate surface area is 95.1 Å². The molecule has 0 fully saturated rings. The molecule has 2 amide bonds. The molecule has 5 heteroatoms. The van der Waals surface area contributed by atoms with E-state index in [0.717, 1.165) is 5.69 Å². The van der Waals surface area contributed by atoms with Crippen LogP contribution in [0.25, 0.3) is 0 Å². The number of anilines is 2. The van der Waals surface area contributed by atoms with Crippen molar-refractivity contribution >= 4 is 17.4 Å². The van der Waals surface area contributed by atoms with Crippen LogP contribution in [0.1, 0.15) is 6.92 Å². The molecule has 0 unspecified atom stereocenters. The van der Waals surface area contributed by atoms with E-state index in [4.69, 9.17) is 0 Å². The molecule has 1 aromatic rings. The van der Waals surface area contributed by atoms with Gasteiger partial charge in [-0.3, -0.25) is 0 Å². The summed E-state index contributed by atoms with van der Waals surface area (Å²) in [6.45, 7) is 2.37. The van der Waals surface area contributed by atoms with Crippen molar-refractivity contribution in [2.45, 2.75) is 6.92 Å². The first kappa shape index (κ1) is 12.2. The molecule has 3 N–H and O–H groups in total. The highest BCUT2D eigenvalue weighted by molar-refractivity contribution is 5.95. The maximum atomic E-state index is 11.4. The molecule has 16 heavy (non-hydrogen) atoms. The molecule has 0 atom stereocenters. The second-order valence-corrected chi connectivity index (χ2v) is 3.55. The molecule has 0 saturated heterocycles. The van der Waals surface area contributed by atoms with Gasteiger partial charge in [0.05, 0.1) is 5.69 Å². The number of phenols is 1. The number of carbonyl (C=O) groups is 1. The molecular formula is C11H17N3O2. The van der Waals surface area contributed by atoms with Crippen LogP contribution in [0.3, 0.4) is 0 Å². The van der Waals surface area contributed by atoms with Crippen LogP contribution < -0.4 is 15.5 Å². The number of hydrogen-bond acceptors (Lipinski definition) is 3. The van der Waals surface area contributed by atoms with E-state index in [1.54, 1.807) is 6.07 Å². The van der Waals surface area contributed by atoms with Gasteiger partial charge in [0.2, 0.25) is 0 Å². The monoisotopic (exact) mass is 223 g/mol. The van der Waals surface area contributed by atoms with Crippen molar-refractivity contribution in [3.05, 3.63) is 18.2 Å². The number of hydrogen-bond donors (Lipinski definition) is 3. The van der Waals surface area contributed by atoms with Gasteiger partial charge in [-0.2, -0.15) is 0 Å². The number of benzene rings is 1. The van der Waals surface area contributed by atoms with E-state index >= 15 is 0 Å². The van der Waals surface area contributed by atoms with Crippen molar-refractivity contribution < 1.29 is 9.90 Å². The maximum absolute atomic E-state index is 11.4.